The molecule has 2 N–H and O–H groups in total. The van der Waals surface area contributed by atoms with Gasteiger partial charge in [-0.05, 0) is 37.5 Å². The van der Waals surface area contributed by atoms with E-state index in [0.717, 1.165) is 44.5 Å². The number of amides is 2. The van der Waals surface area contributed by atoms with E-state index < -0.39 is 35.1 Å². The van der Waals surface area contributed by atoms with E-state index in [9.17, 15) is 28.4 Å². The Labute approximate surface area is 176 Å². The molecule has 0 aliphatic carbocycles. The summed E-state index contributed by atoms with van der Waals surface area (Å²) in [5, 5.41) is 12.8. The van der Waals surface area contributed by atoms with E-state index in [1.54, 1.807) is 6.07 Å². The van der Waals surface area contributed by atoms with Gasteiger partial charge in [0, 0.05) is 31.3 Å². The summed E-state index contributed by atoms with van der Waals surface area (Å²) in [7, 11) is 0. The summed E-state index contributed by atoms with van der Waals surface area (Å²) in [6, 6.07) is 5.89. The molecule has 0 radical (unpaired) electrons. The molecular weight excluding hydrogens is 410 g/mol. The maximum atomic E-state index is 13.8. The smallest absolute Gasteiger partial charge is 0.272 e. The summed E-state index contributed by atoms with van der Waals surface area (Å²) >= 11 is 0. The van der Waals surface area contributed by atoms with Crippen LogP contribution in [0.3, 0.4) is 0 Å². The summed E-state index contributed by atoms with van der Waals surface area (Å²) in [6.45, 7) is 1.21. The molecular formula is C21H20F2N4O4. The Morgan fingerprint density at radius 1 is 1.13 bits per heavy atom. The molecule has 1 unspecified atom stereocenters. The lowest BCUT2D eigenvalue weighted by Crippen LogP contribution is -2.50. The fourth-order valence-electron chi connectivity index (χ4n) is 3.77. The van der Waals surface area contributed by atoms with E-state index >= 15 is 0 Å². The van der Waals surface area contributed by atoms with Crippen molar-refractivity contribution in [3.8, 4) is 0 Å². The van der Waals surface area contributed by atoms with Crippen LogP contribution < -0.4 is 15.3 Å². The molecule has 2 aliphatic heterocycles. The number of carbonyl (C=O) groups is 3. The van der Waals surface area contributed by atoms with Gasteiger partial charge in [-0.3, -0.25) is 19.6 Å². The van der Waals surface area contributed by atoms with Gasteiger partial charge in [-0.15, -0.1) is 0 Å². The highest BCUT2D eigenvalue weighted by Crippen LogP contribution is 2.31. The van der Waals surface area contributed by atoms with Crippen molar-refractivity contribution < 1.29 is 28.4 Å². The number of hydroxylamine groups is 1. The van der Waals surface area contributed by atoms with Crippen molar-refractivity contribution in [2.24, 2.45) is 5.92 Å². The van der Waals surface area contributed by atoms with Gasteiger partial charge < -0.3 is 10.2 Å². The van der Waals surface area contributed by atoms with Crippen molar-refractivity contribution >= 4 is 29.2 Å². The molecule has 0 spiro atoms. The van der Waals surface area contributed by atoms with Crippen molar-refractivity contribution in [2.75, 3.05) is 23.1 Å². The summed E-state index contributed by atoms with van der Waals surface area (Å²) < 4.78 is 26.8. The molecule has 1 atom stereocenters. The zero-order valence-electron chi connectivity index (χ0n) is 16.5. The predicted octanol–water partition coefficient (Wildman–Crippen LogP) is 2.20. The number of aromatic nitrogens is 1. The summed E-state index contributed by atoms with van der Waals surface area (Å²) in [5.41, 5.74) is -0.0736. The van der Waals surface area contributed by atoms with Gasteiger partial charge in [0.05, 0.1) is 5.56 Å². The quantitative estimate of drug-likeness (QED) is 0.570. The van der Waals surface area contributed by atoms with E-state index in [2.05, 4.69) is 10.3 Å². The number of carbonyl (C=O) groups excluding carboxylic acids is 3. The molecule has 2 amide bonds. The van der Waals surface area contributed by atoms with Crippen molar-refractivity contribution in [3.05, 3.63) is 53.1 Å². The Bertz CT molecular complexity index is 1060. The molecule has 10 heteroatoms. The molecule has 8 nitrogen and oxygen atoms in total. The average molecular weight is 430 g/mol. The Morgan fingerprint density at radius 2 is 1.87 bits per heavy atom. The molecule has 162 valence electrons. The zero-order valence-corrected chi connectivity index (χ0v) is 16.5. The van der Waals surface area contributed by atoms with Gasteiger partial charge in [0.15, 0.2) is 17.5 Å². The Morgan fingerprint density at radius 3 is 2.58 bits per heavy atom. The number of rotatable bonds is 4. The Kier molecular flexibility index (Phi) is 5.64. The number of hydrogen-bond donors (Lipinski definition) is 2. The highest BCUT2D eigenvalue weighted by molar-refractivity contribution is 6.30. The minimum absolute atomic E-state index is 0.0143. The van der Waals surface area contributed by atoms with E-state index in [1.807, 2.05) is 4.90 Å². The molecule has 2 aliphatic rings. The maximum absolute atomic E-state index is 13.8. The van der Waals surface area contributed by atoms with Gasteiger partial charge in [-0.1, -0.05) is 6.07 Å². The van der Waals surface area contributed by atoms with Crippen LogP contribution in [0, 0.1) is 17.6 Å². The first kappa shape index (κ1) is 20.9. The topological polar surface area (TPSA) is 103 Å². The van der Waals surface area contributed by atoms with Crippen LogP contribution in [0.25, 0.3) is 0 Å². The van der Waals surface area contributed by atoms with E-state index in [4.69, 9.17) is 0 Å². The number of benzene rings is 1. The van der Waals surface area contributed by atoms with E-state index in [-0.39, 0.29) is 28.6 Å². The normalized spacial score (nSPS) is 18.7. The molecule has 1 fully saturated rings. The van der Waals surface area contributed by atoms with Gasteiger partial charge in [0.25, 0.3) is 5.91 Å². The summed E-state index contributed by atoms with van der Waals surface area (Å²) in [4.78, 5) is 44.2. The van der Waals surface area contributed by atoms with Gasteiger partial charge in [0.2, 0.25) is 5.91 Å². The van der Waals surface area contributed by atoms with Crippen LogP contribution in [-0.4, -0.2) is 40.9 Å². The fraction of sp³-hybridized carbons (Fsp3) is 0.333. The lowest BCUT2D eigenvalue weighted by atomic mass is 9.92. The van der Waals surface area contributed by atoms with Crippen LogP contribution >= 0.6 is 0 Å². The zero-order chi connectivity index (χ0) is 22.1. The summed E-state index contributed by atoms with van der Waals surface area (Å²) in [5.74, 6) is -6.09. The third-order valence-corrected chi connectivity index (χ3v) is 5.45. The average Bonchev–Trinajstić information content (AvgIpc) is 2.77. The fourth-order valence-corrected chi connectivity index (χ4v) is 3.77. The molecule has 3 heterocycles. The molecule has 1 aromatic carbocycles. The first-order chi connectivity index (χ1) is 14.9. The molecule has 31 heavy (non-hydrogen) atoms. The number of anilines is 2. The van der Waals surface area contributed by atoms with Crippen LogP contribution in [0.1, 0.15) is 35.2 Å². The first-order valence-electron chi connectivity index (χ1n) is 9.91. The molecule has 4 rings (SSSR count). The van der Waals surface area contributed by atoms with Gasteiger partial charge in [-0.2, -0.15) is 5.06 Å². The number of fused-ring (bicyclic) bond motifs is 1. The first-order valence-corrected chi connectivity index (χ1v) is 9.91. The Hall–Kier alpha value is -3.40. The third-order valence-electron chi connectivity index (χ3n) is 5.45. The minimum Gasteiger partial charge on any atom is -0.357 e. The molecule has 2 aromatic rings. The van der Waals surface area contributed by atoms with Gasteiger partial charge in [0.1, 0.15) is 17.5 Å². The van der Waals surface area contributed by atoms with Crippen LogP contribution in [0.2, 0.25) is 0 Å². The number of piperidine rings is 1. The summed E-state index contributed by atoms with van der Waals surface area (Å²) in [6.07, 6.45) is 3.11. The number of nitrogens with zero attached hydrogens (tertiary/aromatic N) is 3. The van der Waals surface area contributed by atoms with Crippen LogP contribution in [0.15, 0.2) is 30.3 Å². The number of nitrogens with one attached hydrogen (secondary N) is 1. The minimum atomic E-state index is -1.83. The molecule has 1 aromatic heterocycles. The number of pyridine rings is 1. The monoisotopic (exact) mass is 430 g/mol. The molecule has 0 saturated carbocycles. The van der Waals surface area contributed by atoms with Crippen molar-refractivity contribution in [2.45, 2.75) is 25.8 Å². The van der Waals surface area contributed by atoms with Crippen molar-refractivity contribution in [3.63, 3.8) is 0 Å². The standard InChI is InChI=1S/C21H20F2N4O4/c22-13-5-4-12(15(23)10-13)11-24-20(29)17-18(28)14-6-7-16(26-8-2-1-3-9-26)25-19(14)27(31)21(17)30/h4-7,10,17,31H,1-3,8-9,11H2,(H,24,29). The third kappa shape index (κ3) is 3.98. The Balaban J connectivity index is 1.53. The van der Waals surface area contributed by atoms with Crippen molar-refractivity contribution in [1.29, 1.82) is 0 Å². The SMILES string of the molecule is O=C(NCc1ccc(F)cc1F)C1C(=O)c2ccc(N3CCCCC3)nc2N(O)C1=O. The van der Waals surface area contributed by atoms with Gasteiger partial charge in [-0.25, -0.2) is 13.8 Å². The number of Topliss-reactive ketones (excluding diaryl/α,β-unsaturated/α-hetero) is 1. The second kappa shape index (κ2) is 8.38. The molecule has 1 saturated heterocycles. The lowest BCUT2D eigenvalue weighted by molar-refractivity contribution is -0.135. The van der Waals surface area contributed by atoms with E-state index in [1.165, 1.54) is 6.07 Å². The van der Waals surface area contributed by atoms with E-state index in [0.29, 0.717) is 11.9 Å². The maximum Gasteiger partial charge on any atom is 0.272 e. The van der Waals surface area contributed by atoms with Gasteiger partial charge >= 0.3 is 0 Å². The highest BCUT2D eigenvalue weighted by Gasteiger charge is 2.45. The number of halogens is 2. The predicted molar refractivity (Wildman–Crippen MR) is 106 cm³/mol. The largest absolute Gasteiger partial charge is 0.357 e. The highest BCUT2D eigenvalue weighted by atomic mass is 19.1. The van der Waals surface area contributed by atoms with Crippen LogP contribution in [-0.2, 0) is 16.1 Å². The number of ketones is 1. The lowest BCUT2D eigenvalue weighted by Gasteiger charge is -2.31. The van der Waals surface area contributed by atoms with Crippen molar-refractivity contribution in [1.82, 2.24) is 10.3 Å². The molecule has 0 bridgehead atoms. The second-order valence-electron chi connectivity index (χ2n) is 7.49. The van der Waals surface area contributed by atoms with Crippen LogP contribution in [0.5, 0.6) is 0 Å². The van der Waals surface area contributed by atoms with Crippen LogP contribution in [0.4, 0.5) is 20.4 Å². The number of hydrogen-bond acceptors (Lipinski definition) is 6. The second-order valence-corrected chi connectivity index (χ2v) is 7.49.